The standard InChI is InChI=1S/C21H47N2/c1-5-6-7-8-9-10-11-12-13-14-15-16-17-18-19-20-21-22-23(2,3)4/h22H,5-21H2,1-4H3/q+1. The first kappa shape index (κ1) is 22.9. The molecule has 0 aromatic rings. The molecular formula is C21H47N2+. The molecule has 0 rings (SSSR count). The van der Waals surface area contributed by atoms with Crippen molar-refractivity contribution in [3.05, 3.63) is 0 Å². The maximum atomic E-state index is 3.51. The lowest BCUT2D eigenvalue weighted by molar-refractivity contribution is -0.915. The van der Waals surface area contributed by atoms with Gasteiger partial charge in [-0.15, -0.1) is 0 Å². The summed E-state index contributed by atoms with van der Waals surface area (Å²) in [6, 6.07) is 0. The highest BCUT2D eigenvalue weighted by atomic mass is 15.6. The Morgan fingerprint density at radius 1 is 0.478 bits per heavy atom. The summed E-state index contributed by atoms with van der Waals surface area (Å²) in [5.74, 6) is 0. The Kier molecular flexibility index (Phi) is 16.7. The Morgan fingerprint density at radius 3 is 1.09 bits per heavy atom. The van der Waals surface area contributed by atoms with Gasteiger partial charge in [-0.3, -0.25) is 4.59 Å². The van der Waals surface area contributed by atoms with Crippen molar-refractivity contribution in [3.63, 3.8) is 0 Å². The minimum atomic E-state index is 0.874. The van der Waals surface area contributed by atoms with E-state index in [1.807, 2.05) is 0 Å². The van der Waals surface area contributed by atoms with Gasteiger partial charge in [-0.1, -0.05) is 103 Å². The molecule has 0 atom stereocenters. The second kappa shape index (κ2) is 16.8. The van der Waals surface area contributed by atoms with Crippen LogP contribution in [0.4, 0.5) is 0 Å². The van der Waals surface area contributed by atoms with E-state index in [0.717, 1.165) is 11.1 Å². The molecule has 0 amide bonds. The minimum Gasteiger partial charge on any atom is -0.253 e. The zero-order valence-electron chi connectivity index (χ0n) is 17.0. The molecule has 0 aromatic carbocycles. The Morgan fingerprint density at radius 2 is 0.783 bits per heavy atom. The van der Waals surface area contributed by atoms with Crippen LogP contribution in [0.15, 0.2) is 0 Å². The summed E-state index contributed by atoms with van der Waals surface area (Å²) in [5.41, 5.74) is 3.51. The van der Waals surface area contributed by atoms with Crippen LogP contribution in [-0.4, -0.2) is 32.3 Å². The Balaban J connectivity index is 3.00. The predicted molar refractivity (Wildman–Crippen MR) is 106 cm³/mol. The molecule has 0 radical (unpaired) electrons. The molecule has 0 heterocycles. The highest BCUT2D eigenvalue weighted by Gasteiger charge is 2.03. The van der Waals surface area contributed by atoms with Gasteiger partial charge in [0.15, 0.2) is 0 Å². The number of nitrogens with zero attached hydrogens (tertiary/aromatic N) is 1. The molecule has 2 heteroatoms. The van der Waals surface area contributed by atoms with Gasteiger partial charge in [0.25, 0.3) is 0 Å². The third kappa shape index (κ3) is 21.9. The lowest BCUT2D eigenvalue weighted by Gasteiger charge is -2.23. The first-order valence-electron chi connectivity index (χ1n) is 10.6. The van der Waals surface area contributed by atoms with Crippen LogP contribution in [-0.2, 0) is 0 Å². The lowest BCUT2D eigenvalue weighted by Crippen LogP contribution is -2.48. The second-order valence-electron chi connectivity index (χ2n) is 8.22. The number of unbranched alkanes of at least 4 members (excludes halogenated alkanes) is 15. The van der Waals surface area contributed by atoms with Gasteiger partial charge in [0.1, 0.15) is 0 Å². The molecule has 0 aliphatic carbocycles. The quantitative estimate of drug-likeness (QED) is 0.173. The van der Waals surface area contributed by atoms with E-state index in [9.17, 15) is 0 Å². The molecule has 0 unspecified atom stereocenters. The summed E-state index contributed by atoms with van der Waals surface area (Å²) in [6.45, 7) is 3.45. The van der Waals surface area contributed by atoms with E-state index < -0.39 is 0 Å². The van der Waals surface area contributed by atoms with Gasteiger partial charge >= 0.3 is 0 Å². The van der Waals surface area contributed by atoms with Crippen molar-refractivity contribution in [2.24, 2.45) is 0 Å². The van der Waals surface area contributed by atoms with Crippen LogP contribution in [0.2, 0.25) is 0 Å². The summed E-state index contributed by atoms with van der Waals surface area (Å²) in [5, 5.41) is 0. The fourth-order valence-electron chi connectivity index (χ4n) is 3.09. The van der Waals surface area contributed by atoms with Gasteiger partial charge < -0.3 is 0 Å². The average Bonchev–Trinajstić information content (AvgIpc) is 2.49. The van der Waals surface area contributed by atoms with Crippen molar-refractivity contribution in [2.75, 3.05) is 27.7 Å². The average molecular weight is 328 g/mol. The van der Waals surface area contributed by atoms with Crippen LogP contribution >= 0.6 is 0 Å². The van der Waals surface area contributed by atoms with Gasteiger partial charge in [0.05, 0.1) is 21.1 Å². The molecule has 0 fully saturated rings. The first-order chi connectivity index (χ1) is 11.1. The van der Waals surface area contributed by atoms with Crippen molar-refractivity contribution in [1.82, 2.24) is 5.43 Å². The predicted octanol–water partition coefficient (Wildman–Crippen LogP) is 6.46. The zero-order valence-corrected chi connectivity index (χ0v) is 17.0. The van der Waals surface area contributed by atoms with Crippen molar-refractivity contribution >= 4 is 0 Å². The largest absolute Gasteiger partial charge is 0.253 e. The molecule has 23 heavy (non-hydrogen) atoms. The van der Waals surface area contributed by atoms with Gasteiger partial charge in [0, 0.05) is 6.54 Å². The SMILES string of the molecule is CCCCCCCCCCCCCCCCCCN[N+](C)(C)C. The molecule has 0 spiro atoms. The summed E-state index contributed by atoms with van der Waals surface area (Å²) in [4.78, 5) is 0. The van der Waals surface area contributed by atoms with E-state index >= 15 is 0 Å². The van der Waals surface area contributed by atoms with Crippen LogP contribution in [0.5, 0.6) is 0 Å². The molecule has 0 aliphatic heterocycles. The second-order valence-corrected chi connectivity index (χ2v) is 8.22. The van der Waals surface area contributed by atoms with Crippen LogP contribution in [0.3, 0.4) is 0 Å². The van der Waals surface area contributed by atoms with Crippen LogP contribution in [0.1, 0.15) is 110 Å². The molecule has 0 saturated heterocycles. The number of hydrogen-bond acceptors (Lipinski definition) is 1. The molecule has 0 aliphatic rings. The van der Waals surface area contributed by atoms with E-state index in [-0.39, 0.29) is 0 Å². The maximum Gasteiger partial charge on any atom is 0.0853 e. The molecule has 1 N–H and O–H groups in total. The molecular weight excluding hydrogens is 280 g/mol. The highest BCUT2D eigenvalue weighted by Crippen LogP contribution is 2.13. The van der Waals surface area contributed by atoms with Crippen molar-refractivity contribution in [3.8, 4) is 0 Å². The minimum absolute atomic E-state index is 0.874. The Labute approximate surface area is 148 Å². The Bertz CT molecular complexity index is 220. The molecule has 0 bridgehead atoms. The van der Waals surface area contributed by atoms with E-state index in [1.54, 1.807) is 0 Å². The van der Waals surface area contributed by atoms with Crippen LogP contribution in [0, 0.1) is 0 Å². The van der Waals surface area contributed by atoms with Crippen molar-refractivity contribution in [1.29, 1.82) is 0 Å². The van der Waals surface area contributed by atoms with Crippen molar-refractivity contribution in [2.45, 2.75) is 110 Å². The highest BCUT2D eigenvalue weighted by molar-refractivity contribution is 4.50. The normalized spacial score (nSPS) is 12.0. The fraction of sp³-hybridized carbons (Fsp3) is 1.00. The number of rotatable bonds is 18. The monoisotopic (exact) mass is 327 g/mol. The Hall–Kier alpha value is -0.0800. The van der Waals surface area contributed by atoms with Gasteiger partial charge in [-0.2, -0.15) is 5.43 Å². The number of hydrogen-bond donors (Lipinski definition) is 1. The topological polar surface area (TPSA) is 12.0 Å². The van der Waals surface area contributed by atoms with Crippen LogP contribution < -0.4 is 5.43 Å². The molecule has 0 aromatic heterocycles. The van der Waals surface area contributed by atoms with E-state index in [4.69, 9.17) is 0 Å². The summed E-state index contributed by atoms with van der Waals surface area (Å²) < 4.78 is 0.874. The van der Waals surface area contributed by atoms with Crippen LogP contribution in [0.25, 0.3) is 0 Å². The zero-order chi connectivity index (χ0) is 17.2. The van der Waals surface area contributed by atoms with Gasteiger partial charge in [0.2, 0.25) is 0 Å². The van der Waals surface area contributed by atoms with Gasteiger partial charge in [-0.05, 0) is 6.42 Å². The molecule has 0 saturated carbocycles. The molecule has 140 valence electrons. The van der Waals surface area contributed by atoms with Crippen molar-refractivity contribution < 1.29 is 4.59 Å². The van der Waals surface area contributed by atoms with E-state index in [0.29, 0.717) is 0 Å². The fourth-order valence-corrected chi connectivity index (χ4v) is 3.09. The lowest BCUT2D eigenvalue weighted by atomic mass is 10.0. The molecule has 2 nitrogen and oxygen atoms in total. The third-order valence-corrected chi connectivity index (χ3v) is 4.62. The first-order valence-corrected chi connectivity index (χ1v) is 10.6. The van der Waals surface area contributed by atoms with Gasteiger partial charge in [-0.25, -0.2) is 0 Å². The number of nitrogens with one attached hydrogen (secondary N) is 1. The van der Waals surface area contributed by atoms with E-state index in [1.165, 1.54) is 103 Å². The summed E-state index contributed by atoms with van der Waals surface area (Å²) in [7, 11) is 6.56. The van der Waals surface area contributed by atoms with E-state index in [2.05, 4.69) is 33.5 Å². The maximum absolute atomic E-state index is 3.51. The third-order valence-electron chi connectivity index (χ3n) is 4.62. The number of quaternary nitrogens is 1. The summed E-state index contributed by atoms with van der Waals surface area (Å²) in [6.07, 6.45) is 23.1. The smallest absolute Gasteiger partial charge is 0.0853 e. The summed E-state index contributed by atoms with van der Waals surface area (Å²) >= 11 is 0.